The lowest BCUT2D eigenvalue weighted by Gasteiger charge is -2.01. The Hall–Kier alpha value is -1.98. The van der Waals surface area contributed by atoms with Gasteiger partial charge in [-0.2, -0.15) is 0 Å². The molecule has 0 aliphatic heterocycles. The predicted octanol–water partition coefficient (Wildman–Crippen LogP) is 1.81. The molecule has 2 aromatic rings. The lowest BCUT2D eigenvalue weighted by molar-refractivity contribution is 0.145. The molecule has 16 heavy (non-hydrogen) atoms. The van der Waals surface area contributed by atoms with E-state index in [1.54, 1.807) is 12.1 Å². The van der Waals surface area contributed by atoms with Gasteiger partial charge in [0.05, 0.1) is 0 Å². The van der Waals surface area contributed by atoms with Gasteiger partial charge in [0.1, 0.15) is 5.69 Å². The predicted molar refractivity (Wildman–Crippen MR) is 53.9 cm³/mol. The van der Waals surface area contributed by atoms with E-state index in [-0.39, 0.29) is 0 Å². The molecule has 0 atom stereocenters. The third-order valence-electron chi connectivity index (χ3n) is 2.11. The SMILES string of the molecule is Cc1ccnc(-n2[nH]c(C(F)F)cc2=O)c1. The summed E-state index contributed by atoms with van der Waals surface area (Å²) in [7, 11) is 0. The highest BCUT2D eigenvalue weighted by Gasteiger charge is 2.13. The van der Waals surface area contributed by atoms with Crippen LogP contribution < -0.4 is 5.56 Å². The maximum atomic E-state index is 12.4. The minimum absolute atomic E-state index is 0.303. The maximum Gasteiger partial charge on any atom is 0.279 e. The fourth-order valence-corrected chi connectivity index (χ4v) is 1.34. The number of pyridine rings is 1. The zero-order valence-corrected chi connectivity index (χ0v) is 8.45. The summed E-state index contributed by atoms with van der Waals surface area (Å²) in [6.45, 7) is 1.83. The van der Waals surface area contributed by atoms with Gasteiger partial charge in [-0.05, 0) is 24.6 Å². The molecule has 0 unspecified atom stereocenters. The number of aromatic amines is 1. The summed E-state index contributed by atoms with van der Waals surface area (Å²) in [6.07, 6.45) is -1.18. The van der Waals surface area contributed by atoms with E-state index >= 15 is 0 Å². The summed E-state index contributed by atoms with van der Waals surface area (Å²) in [5.41, 5.74) is -0.0631. The summed E-state index contributed by atoms with van der Waals surface area (Å²) in [6, 6.07) is 4.26. The summed E-state index contributed by atoms with van der Waals surface area (Å²) in [5.74, 6) is 0.303. The summed E-state index contributed by atoms with van der Waals surface area (Å²) in [5, 5.41) is 2.32. The topological polar surface area (TPSA) is 50.7 Å². The molecule has 2 heterocycles. The Morgan fingerprint density at radius 1 is 1.44 bits per heavy atom. The number of hydrogen-bond acceptors (Lipinski definition) is 2. The normalized spacial score (nSPS) is 11.0. The van der Waals surface area contributed by atoms with E-state index in [1.807, 2.05) is 6.92 Å². The van der Waals surface area contributed by atoms with Gasteiger partial charge in [-0.1, -0.05) is 0 Å². The maximum absolute atomic E-state index is 12.4. The van der Waals surface area contributed by atoms with Gasteiger partial charge in [-0.15, -0.1) is 0 Å². The molecule has 0 aliphatic rings. The molecule has 2 aromatic heterocycles. The third-order valence-corrected chi connectivity index (χ3v) is 2.11. The molecule has 0 saturated heterocycles. The molecule has 6 heteroatoms. The Morgan fingerprint density at radius 3 is 2.75 bits per heavy atom. The highest BCUT2D eigenvalue weighted by atomic mass is 19.3. The van der Waals surface area contributed by atoms with Crippen molar-refractivity contribution < 1.29 is 8.78 Å². The van der Waals surface area contributed by atoms with Crippen molar-refractivity contribution in [2.75, 3.05) is 0 Å². The number of halogens is 2. The molecular formula is C10H9F2N3O. The molecule has 0 spiro atoms. The Labute approximate surface area is 89.5 Å². The average molecular weight is 225 g/mol. The van der Waals surface area contributed by atoms with Crippen molar-refractivity contribution in [2.45, 2.75) is 13.3 Å². The fourth-order valence-electron chi connectivity index (χ4n) is 1.34. The molecule has 0 fully saturated rings. The van der Waals surface area contributed by atoms with Crippen LogP contribution in [0.4, 0.5) is 8.78 Å². The standard InChI is InChI=1S/C10H9F2N3O/c1-6-2-3-13-8(4-6)15-9(16)5-7(14-15)10(11)12/h2-5,10,14H,1H3. The number of nitrogens with zero attached hydrogens (tertiary/aromatic N) is 2. The van der Waals surface area contributed by atoms with Crippen molar-refractivity contribution in [2.24, 2.45) is 0 Å². The van der Waals surface area contributed by atoms with Crippen LogP contribution in [-0.2, 0) is 0 Å². The van der Waals surface area contributed by atoms with Crippen molar-refractivity contribution in [3.8, 4) is 5.82 Å². The number of alkyl halides is 2. The van der Waals surface area contributed by atoms with Crippen LogP contribution in [0.3, 0.4) is 0 Å². The second kappa shape index (κ2) is 3.88. The summed E-state index contributed by atoms with van der Waals surface area (Å²) < 4.78 is 25.7. The van der Waals surface area contributed by atoms with Crippen LogP contribution in [0.15, 0.2) is 29.2 Å². The highest BCUT2D eigenvalue weighted by molar-refractivity contribution is 5.26. The minimum Gasteiger partial charge on any atom is -0.288 e. The number of rotatable bonds is 2. The number of nitrogens with one attached hydrogen (secondary N) is 1. The first kappa shape index (κ1) is 10.5. The molecule has 0 amide bonds. The first-order valence-electron chi connectivity index (χ1n) is 4.61. The molecule has 0 saturated carbocycles. The van der Waals surface area contributed by atoms with Crippen LogP contribution in [0, 0.1) is 6.92 Å². The minimum atomic E-state index is -2.70. The molecular weight excluding hydrogens is 216 g/mol. The molecule has 0 radical (unpaired) electrons. The van der Waals surface area contributed by atoms with Crippen LogP contribution in [0.1, 0.15) is 17.7 Å². The van der Waals surface area contributed by atoms with E-state index in [9.17, 15) is 13.6 Å². The second-order valence-corrected chi connectivity index (χ2v) is 3.38. The van der Waals surface area contributed by atoms with Crippen LogP contribution >= 0.6 is 0 Å². The van der Waals surface area contributed by atoms with Gasteiger partial charge < -0.3 is 0 Å². The molecule has 4 nitrogen and oxygen atoms in total. The zero-order chi connectivity index (χ0) is 11.7. The Bertz CT molecular complexity index is 559. The van der Waals surface area contributed by atoms with E-state index in [1.165, 1.54) is 6.20 Å². The number of hydrogen-bond donors (Lipinski definition) is 1. The van der Waals surface area contributed by atoms with E-state index in [0.29, 0.717) is 5.82 Å². The van der Waals surface area contributed by atoms with Gasteiger partial charge in [0.25, 0.3) is 12.0 Å². The van der Waals surface area contributed by atoms with Gasteiger partial charge in [-0.25, -0.2) is 18.4 Å². The van der Waals surface area contributed by atoms with Gasteiger partial charge in [0.2, 0.25) is 0 Å². The molecule has 0 bridgehead atoms. The first-order valence-corrected chi connectivity index (χ1v) is 4.61. The second-order valence-electron chi connectivity index (χ2n) is 3.38. The van der Waals surface area contributed by atoms with Gasteiger partial charge >= 0.3 is 0 Å². The van der Waals surface area contributed by atoms with Gasteiger partial charge in [0.15, 0.2) is 5.82 Å². The van der Waals surface area contributed by atoms with Crippen LogP contribution in [-0.4, -0.2) is 14.8 Å². The quantitative estimate of drug-likeness (QED) is 0.847. The molecule has 0 aromatic carbocycles. The van der Waals surface area contributed by atoms with Crippen molar-refractivity contribution in [3.05, 3.63) is 46.0 Å². The van der Waals surface area contributed by atoms with E-state index in [4.69, 9.17) is 0 Å². The molecule has 0 aliphatic carbocycles. The average Bonchev–Trinajstić information content (AvgIpc) is 2.60. The van der Waals surface area contributed by atoms with Crippen LogP contribution in [0.25, 0.3) is 5.82 Å². The molecule has 2 rings (SSSR count). The van der Waals surface area contributed by atoms with Crippen molar-refractivity contribution in [1.29, 1.82) is 0 Å². The van der Waals surface area contributed by atoms with Gasteiger partial charge in [0, 0.05) is 12.3 Å². The number of aromatic nitrogens is 3. The third kappa shape index (κ3) is 1.86. The Morgan fingerprint density at radius 2 is 2.19 bits per heavy atom. The van der Waals surface area contributed by atoms with Crippen molar-refractivity contribution >= 4 is 0 Å². The largest absolute Gasteiger partial charge is 0.288 e. The fraction of sp³-hybridized carbons (Fsp3) is 0.200. The smallest absolute Gasteiger partial charge is 0.279 e. The van der Waals surface area contributed by atoms with Crippen molar-refractivity contribution in [3.63, 3.8) is 0 Å². The Balaban J connectivity index is 2.52. The molecule has 84 valence electrons. The summed E-state index contributed by atoms with van der Waals surface area (Å²) in [4.78, 5) is 15.3. The number of H-pyrrole nitrogens is 1. The zero-order valence-electron chi connectivity index (χ0n) is 8.45. The van der Waals surface area contributed by atoms with E-state index in [2.05, 4.69) is 10.1 Å². The van der Waals surface area contributed by atoms with Crippen molar-refractivity contribution in [1.82, 2.24) is 14.8 Å². The summed E-state index contributed by atoms with van der Waals surface area (Å²) >= 11 is 0. The highest BCUT2D eigenvalue weighted by Crippen LogP contribution is 2.14. The monoisotopic (exact) mass is 225 g/mol. The van der Waals surface area contributed by atoms with E-state index < -0.39 is 17.7 Å². The van der Waals surface area contributed by atoms with Gasteiger partial charge in [-0.3, -0.25) is 9.89 Å². The lowest BCUT2D eigenvalue weighted by atomic mass is 10.3. The first-order chi connectivity index (χ1) is 7.58. The lowest BCUT2D eigenvalue weighted by Crippen LogP contribution is -2.14. The number of aryl methyl sites for hydroxylation is 1. The Kier molecular flexibility index (Phi) is 2.55. The van der Waals surface area contributed by atoms with Crippen LogP contribution in [0.2, 0.25) is 0 Å². The van der Waals surface area contributed by atoms with E-state index in [0.717, 1.165) is 16.3 Å². The molecule has 1 N–H and O–H groups in total. The van der Waals surface area contributed by atoms with Crippen LogP contribution in [0.5, 0.6) is 0 Å².